The van der Waals surface area contributed by atoms with Gasteiger partial charge in [0.2, 0.25) is 0 Å². The highest BCUT2D eigenvalue weighted by atomic mass is 16.6. The monoisotopic (exact) mass is 505 g/mol. The van der Waals surface area contributed by atoms with Gasteiger partial charge >= 0.3 is 5.97 Å². The maximum atomic E-state index is 12.4. The molecule has 0 aliphatic heterocycles. The van der Waals surface area contributed by atoms with Crippen LogP contribution in [0.5, 0.6) is 11.5 Å². The predicted molar refractivity (Wildman–Crippen MR) is 143 cm³/mol. The molecule has 0 bridgehead atoms. The maximum Gasteiger partial charge on any atom is 0.349 e. The summed E-state index contributed by atoms with van der Waals surface area (Å²) in [4.78, 5) is 17.2. The Morgan fingerprint density at radius 2 is 1.84 bits per heavy atom. The van der Waals surface area contributed by atoms with Gasteiger partial charge in [0.05, 0.1) is 18.9 Å². The van der Waals surface area contributed by atoms with E-state index in [1.807, 2.05) is 43.3 Å². The Bertz CT molecular complexity index is 1160. The molecule has 0 unspecified atom stereocenters. The number of nitrogens with zero attached hydrogens (tertiary/aromatic N) is 1. The van der Waals surface area contributed by atoms with E-state index in [1.54, 1.807) is 20.8 Å². The fourth-order valence-electron chi connectivity index (χ4n) is 4.79. The molecule has 1 saturated carbocycles. The Labute approximate surface area is 220 Å². The number of ether oxygens (including phenoxy) is 3. The summed E-state index contributed by atoms with van der Waals surface area (Å²) >= 11 is 0. The summed E-state index contributed by atoms with van der Waals surface area (Å²) in [6.07, 6.45) is 7.50. The first kappa shape index (κ1) is 26.8. The number of benzene rings is 2. The van der Waals surface area contributed by atoms with Gasteiger partial charge in [0, 0.05) is 24.3 Å². The van der Waals surface area contributed by atoms with Crippen LogP contribution in [-0.4, -0.2) is 29.8 Å². The first-order valence-electron chi connectivity index (χ1n) is 13.5. The van der Waals surface area contributed by atoms with Crippen molar-refractivity contribution in [3.8, 4) is 11.5 Å². The van der Waals surface area contributed by atoms with E-state index in [1.165, 1.54) is 32.1 Å². The Hall–Kier alpha value is -3.28. The molecule has 4 rings (SSSR count). The number of oxazole rings is 1. The third kappa shape index (κ3) is 7.15. The molecule has 1 aliphatic carbocycles. The van der Waals surface area contributed by atoms with Crippen LogP contribution in [0.15, 0.2) is 52.9 Å². The van der Waals surface area contributed by atoms with E-state index in [9.17, 15) is 4.79 Å². The number of aryl methyl sites for hydroxylation is 1. The molecular weight excluding hydrogens is 466 g/mol. The first-order chi connectivity index (χ1) is 17.9. The van der Waals surface area contributed by atoms with Gasteiger partial charge in [-0.2, -0.15) is 0 Å². The van der Waals surface area contributed by atoms with Crippen molar-refractivity contribution in [1.82, 2.24) is 4.98 Å². The second-order valence-electron chi connectivity index (χ2n) is 10.3. The van der Waals surface area contributed by atoms with Crippen molar-refractivity contribution in [2.45, 2.75) is 84.2 Å². The van der Waals surface area contributed by atoms with Crippen LogP contribution in [0.4, 0.5) is 0 Å². The van der Waals surface area contributed by atoms with Gasteiger partial charge in [-0.05, 0) is 64.3 Å². The van der Waals surface area contributed by atoms with Crippen LogP contribution in [0, 0.1) is 6.92 Å². The van der Waals surface area contributed by atoms with E-state index < -0.39 is 11.6 Å². The standard InChI is InChI=1S/C31H39NO5/c1-5-34-30(33)31(3,4)37-28-17-16-26(21-25(28)20-23-12-8-6-9-13-23)35-19-18-27-22(2)36-29(32-27)24-14-10-7-11-15-24/h6,8-9,12-13,16-17,21,24H,5,7,10-11,14-15,18-20H2,1-4H3. The van der Waals surface area contributed by atoms with Crippen LogP contribution < -0.4 is 9.47 Å². The predicted octanol–water partition coefficient (Wildman–Crippen LogP) is 6.96. The van der Waals surface area contributed by atoms with Crippen LogP contribution in [0.2, 0.25) is 0 Å². The largest absolute Gasteiger partial charge is 0.493 e. The summed E-state index contributed by atoms with van der Waals surface area (Å²) in [5.41, 5.74) is 1.95. The molecule has 6 nitrogen and oxygen atoms in total. The van der Waals surface area contributed by atoms with Gasteiger partial charge in [-0.3, -0.25) is 0 Å². The Morgan fingerprint density at radius 3 is 2.57 bits per heavy atom. The number of carbonyl (C=O) groups excluding carboxylic acids is 1. The van der Waals surface area contributed by atoms with Gasteiger partial charge < -0.3 is 18.6 Å². The second kappa shape index (κ2) is 12.3. The smallest absolute Gasteiger partial charge is 0.349 e. The second-order valence-corrected chi connectivity index (χ2v) is 10.3. The molecule has 0 N–H and O–H groups in total. The van der Waals surface area contributed by atoms with Crippen molar-refractivity contribution in [2.75, 3.05) is 13.2 Å². The van der Waals surface area contributed by atoms with Crippen LogP contribution in [0.1, 0.15) is 87.3 Å². The highest BCUT2D eigenvalue weighted by Gasteiger charge is 2.32. The molecule has 3 aromatic rings. The van der Waals surface area contributed by atoms with Gasteiger partial charge in [-0.15, -0.1) is 0 Å². The summed E-state index contributed by atoms with van der Waals surface area (Å²) in [7, 11) is 0. The summed E-state index contributed by atoms with van der Waals surface area (Å²) in [6, 6.07) is 15.9. The molecule has 0 amide bonds. The van der Waals surface area contributed by atoms with Gasteiger partial charge in [-0.25, -0.2) is 9.78 Å². The SMILES string of the molecule is CCOC(=O)C(C)(C)Oc1ccc(OCCc2nc(C3CCCCC3)oc2C)cc1Cc1ccccc1. The molecule has 1 aliphatic rings. The third-order valence-corrected chi connectivity index (χ3v) is 6.87. The number of hydrogen-bond donors (Lipinski definition) is 0. The quantitative estimate of drug-likeness (QED) is 0.262. The number of aromatic nitrogens is 1. The highest BCUT2D eigenvalue weighted by molar-refractivity contribution is 5.79. The molecule has 198 valence electrons. The molecule has 0 spiro atoms. The van der Waals surface area contributed by atoms with Crippen molar-refractivity contribution < 1.29 is 23.4 Å². The van der Waals surface area contributed by atoms with Gasteiger partial charge in [0.15, 0.2) is 11.5 Å². The molecule has 1 aromatic heterocycles. The average molecular weight is 506 g/mol. The zero-order valence-electron chi connectivity index (χ0n) is 22.5. The van der Waals surface area contributed by atoms with E-state index in [0.717, 1.165) is 34.2 Å². The minimum Gasteiger partial charge on any atom is -0.493 e. The van der Waals surface area contributed by atoms with Crippen molar-refractivity contribution >= 4 is 5.97 Å². The number of rotatable bonds is 11. The number of esters is 1. The Kier molecular flexibility index (Phi) is 8.91. The molecule has 37 heavy (non-hydrogen) atoms. The van der Waals surface area contributed by atoms with Crippen LogP contribution in [0.3, 0.4) is 0 Å². The number of hydrogen-bond acceptors (Lipinski definition) is 6. The minimum absolute atomic E-state index is 0.308. The fraction of sp³-hybridized carbons (Fsp3) is 0.484. The van der Waals surface area contributed by atoms with Gasteiger partial charge in [0.25, 0.3) is 0 Å². The molecule has 6 heteroatoms. The Balaban J connectivity index is 1.46. The lowest BCUT2D eigenvalue weighted by Crippen LogP contribution is -2.40. The van der Waals surface area contributed by atoms with Crippen LogP contribution in [-0.2, 0) is 22.4 Å². The van der Waals surface area contributed by atoms with Crippen LogP contribution in [0.25, 0.3) is 0 Å². The topological polar surface area (TPSA) is 70.8 Å². The van der Waals surface area contributed by atoms with Crippen molar-refractivity contribution in [2.24, 2.45) is 0 Å². The van der Waals surface area contributed by atoms with Crippen molar-refractivity contribution in [3.05, 3.63) is 77.0 Å². The Morgan fingerprint density at radius 1 is 1.08 bits per heavy atom. The van der Waals surface area contributed by atoms with E-state index in [2.05, 4.69) is 12.1 Å². The zero-order chi connectivity index (χ0) is 26.3. The highest BCUT2D eigenvalue weighted by Crippen LogP contribution is 2.33. The summed E-state index contributed by atoms with van der Waals surface area (Å²) in [5.74, 6) is 3.23. The van der Waals surface area contributed by atoms with E-state index in [0.29, 0.717) is 37.7 Å². The number of carbonyl (C=O) groups is 1. The van der Waals surface area contributed by atoms with E-state index in [4.69, 9.17) is 23.6 Å². The summed E-state index contributed by atoms with van der Waals surface area (Å²) in [5, 5.41) is 0. The lowest BCUT2D eigenvalue weighted by atomic mass is 9.89. The van der Waals surface area contributed by atoms with E-state index >= 15 is 0 Å². The third-order valence-electron chi connectivity index (χ3n) is 6.87. The molecule has 0 atom stereocenters. The van der Waals surface area contributed by atoms with E-state index in [-0.39, 0.29) is 0 Å². The van der Waals surface area contributed by atoms with Gasteiger partial charge in [-0.1, -0.05) is 49.6 Å². The summed E-state index contributed by atoms with van der Waals surface area (Å²) < 4.78 is 23.5. The van der Waals surface area contributed by atoms with Crippen molar-refractivity contribution in [3.63, 3.8) is 0 Å². The van der Waals surface area contributed by atoms with Crippen LogP contribution >= 0.6 is 0 Å². The normalized spacial score (nSPS) is 14.4. The maximum absolute atomic E-state index is 12.4. The summed E-state index contributed by atoms with van der Waals surface area (Å²) in [6.45, 7) is 8.04. The lowest BCUT2D eigenvalue weighted by molar-refractivity contribution is -0.158. The molecule has 1 fully saturated rings. The molecule has 2 aromatic carbocycles. The molecule has 0 saturated heterocycles. The minimum atomic E-state index is -1.11. The zero-order valence-corrected chi connectivity index (χ0v) is 22.5. The van der Waals surface area contributed by atoms with Gasteiger partial charge in [0.1, 0.15) is 17.3 Å². The first-order valence-corrected chi connectivity index (χ1v) is 13.5. The molecule has 0 radical (unpaired) electrons. The van der Waals surface area contributed by atoms with Crippen molar-refractivity contribution in [1.29, 1.82) is 0 Å². The molecular formula is C31H39NO5. The lowest BCUT2D eigenvalue weighted by Gasteiger charge is -2.26. The average Bonchev–Trinajstić information content (AvgIpc) is 3.27. The molecule has 1 heterocycles. The fourth-order valence-corrected chi connectivity index (χ4v) is 4.79.